The fraction of sp³-hybridized carbons (Fsp3) is 0.364. The molecule has 1 aromatic carbocycles. The summed E-state index contributed by atoms with van der Waals surface area (Å²) in [5, 5.41) is 24.0. The summed E-state index contributed by atoms with van der Waals surface area (Å²) in [7, 11) is 0. The number of nitrogens with zero attached hydrogens (tertiary/aromatic N) is 5. The molecule has 0 saturated carbocycles. The Morgan fingerprint density at radius 2 is 1.94 bits per heavy atom. The van der Waals surface area contributed by atoms with E-state index in [-0.39, 0.29) is 23.0 Å². The second-order valence-corrected chi connectivity index (χ2v) is 7.42. The molecule has 0 fully saturated rings. The molecule has 0 bridgehead atoms. The second kappa shape index (κ2) is 9.79. The van der Waals surface area contributed by atoms with Crippen LogP contribution in [0.25, 0.3) is 0 Å². The van der Waals surface area contributed by atoms with E-state index in [4.69, 9.17) is 16.7 Å². The molecule has 3 rings (SSSR count). The lowest BCUT2D eigenvalue weighted by atomic mass is 9.94. The summed E-state index contributed by atoms with van der Waals surface area (Å²) in [6.07, 6.45) is 4.05. The average Bonchev–Trinajstić information content (AvgIpc) is 2.74. The predicted molar refractivity (Wildman–Crippen MR) is 122 cm³/mol. The number of nitriles is 2. The number of aromatic nitrogens is 1. The van der Waals surface area contributed by atoms with Crippen molar-refractivity contribution in [3.63, 3.8) is 0 Å². The number of pyridine rings is 1. The van der Waals surface area contributed by atoms with Gasteiger partial charge < -0.3 is 16.8 Å². The predicted octanol–water partition coefficient (Wildman–Crippen LogP) is 2.68. The molecule has 0 spiro atoms. The lowest BCUT2D eigenvalue weighted by molar-refractivity contribution is 0.266. The lowest BCUT2D eigenvalue weighted by Gasteiger charge is -2.27. The van der Waals surface area contributed by atoms with Crippen LogP contribution in [0.4, 0.5) is 17.3 Å². The zero-order valence-corrected chi connectivity index (χ0v) is 17.8. The van der Waals surface area contributed by atoms with Crippen LogP contribution >= 0.6 is 0 Å². The van der Waals surface area contributed by atoms with Crippen molar-refractivity contribution in [2.45, 2.75) is 39.3 Å². The van der Waals surface area contributed by atoms with E-state index in [9.17, 15) is 5.26 Å². The Hall–Kier alpha value is -3.82. The van der Waals surface area contributed by atoms with Gasteiger partial charge in [0, 0.05) is 12.1 Å². The quantitative estimate of drug-likeness (QED) is 0.396. The molecule has 160 valence electrons. The number of fused-ring (bicyclic) bond motifs is 1. The molecule has 0 radical (unpaired) electrons. The third-order valence-corrected chi connectivity index (χ3v) is 5.11. The van der Waals surface area contributed by atoms with Crippen molar-refractivity contribution in [3.8, 4) is 12.3 Å². The molecule has 6 N–H and O–H groups in total. The fourth-order valence-electron chi connectivity index (χ4n) is 3.84. The minimum Gasteiger partial charge on any atom is -0.397 e. The number of hydrogen-bond acceptors (Lipinski definition) is 9. The van der Waals surface area contributed by atoms with Crippen molar-refractivity contribution in [2.24, 2.45) is 4.99 Å². The van der Waals surface area contributed by atoms with Gasteiger partial charge in [-0.05, 0) is 37.1 Å². The third kappa shape index (κ3) is 4.68. The maximum Gasteiger partial charge on any atom is 0.211 e. The molecule has 1 aliphatic rings. The van der Waals surface area contributed by atoms with E-state index >= 15 is 0 Å². The van der Waals surface area contributed by atoms with E-state index in [2.05, 4.69) is 51.5 Å². The molecule has 2 aromatic rings. The van der Waals surface area contributed by atoms with Gasteiger partial charge in [-0.15, -0.1) is 0 Å². The van der Waals surface area contributed by atoms with Crippen LogP contribution in [0, 0.1) is 22.8 Å². The van der Waals surface area contributed by atoms with Gasteiger partial charge >= 0.3 is 0 Å². The Labute approximate surface area is 182 Å². The maximum atomic E-state index is 9.47. The van der Waals surface area contributed by atoms with Gasteiger partial charge in [0.25, 0.3) is 0 Å². The van der Waals surface area contributed by atoms with E-state index in [1.54, 1.807) is 0 Å². The van der Waals surface area contributed by atoms with Gasteiger partial charge in [-0.1, -0.05) is 38.1 Å². The van der Waals surface area contributed by atoms with Crippen LogP contribution in [-0.4, -0.2) is 28.9 Å². The first-order valence-electron chi connectivity index (χ1n) is 10.3. The first-order chi connectivity index (χ1) is 15.0. The van der Waals surface area contributed by atoms with E-state index < -0.39 is 6.04 Å². The van der Waals surface area contributed by atoms with Crippen LogP contribution in [0.1, 0.15) is 55.0 Å². The topological polar surface area (TPSA) is 152 Å². The number of nitrogens with two attached hydrogens (primary N) is 2. The molecule has 31 heavy (non-hydrogen) atoms. The average molecular weight is 418 g/mol. The molecule has 9 heteroatoms. The Morgan fingerprint density at radius 3 is 2.58 bits per heavy atom. The summed E-state index contributed by atoms with van der Waals surface area (Å²) in [6, 6.07) is 9.62. The maximum absolute atomic E-state index is 9.47. The zero-order valence-electron chi connectivity index (χ0n) is 17.8. The molecule has 0 aliphatic carbocycles. The van der Waals surface area contributed by atoms with Gasteiger partial charge in [-0.2, -0.15) is 10.5 Å². The molecular formula is C22H27N9. The Kier molecular flexibility index (Phi) is 6.91. The van der Waals surface area contributed by atoms with E-state index in [0.29, 0.717) is 11.4 Å². The number of rotatable bonds is 7. The van der Waals surface area contributed by atoms with Crippen molar-refractivity contribution in [1.29, 1.82) is 10.5 Å². The molecule has 1 aliphatic heterocycles. The number of hydrogen-bond donors (Lipinski definition) is 4. The highest BCUT2D eigenvalue weighted by atomic mass is 15.2. The van der Waals surface area contributed by atoms with Crippen molar-refractivity contribution in [1.82, 2.24) is 15.2 Å². The Morgan fingerprint density at radius 1 is 1.19 bits per heavy atom. The monoisotopic (exact) mass is 417 g/mol. The lowest BCUT2D eigenvalue weighted by Crippen LogP contribution is -2.32. The van der Waals surface area contributed by atoms with Crippen molar-refractivity contribution in [3.05, 3.63) is 46.5 Å². The van der Waals surface area contributed by atoms with Crippen LogP contribution in [0.2, 0.25) is 0 Å². The molecular weight excluding hydrogens is 390 g/mol. The second-order valence-electron chi connectivity index (χ2n) is 7.42. The SMILES string of the molecule is CCCN(CCC)Cc1cccc(C2N=C(NC#N)Nc3nc(N)c(C#N)c(N)c32)c1. The summed E-state index contributed by atoms with van der Waals surface area (Å²) in [5.74, 6) is 0.669. The highest BCUT2D eigenvalue weighted by Crippen LogP contribution is 2.40. The zero-order chi connectivity index (χ0) is 22.4. The number of nitrogens with one attached hydrogen (secondary N) is 2. The van der Waals surface area contributed by atoms with Crippen molar-refractivity contribution < 1.29 is 0 Å². The number of benzene rings is 1. The normalized spacial score (nSPS) is 14.7. The fourth-order valence-corrected chi connectivity index (χ4v) is 3.84. The highest BCUT2D eigenvalue weighted by molar-refractivity contribution is 5.98. The summed E-state index contributed by atoms with van der Waals surface area (Å²) < 4.78 is 0. The smallest absolute Gasteiger partial charge is 0.211 e. The van der Waals surface area contributed by atoms with Crippen LogP contribution in [0.3, 0.4) is 0 Å². The van der Waals surface area contributed by atoms with Crippen molar-refractivity contribution in [2.75, 3.05) is 29.9 Å². The summed E-state index contributed by atoms with van der Waals surface area (Å²) in [4.78, 5) is 11.4. The van der Waals surface area contributed by atoms with Crippen LogP contribution < -0.4 is 22.1 Å². The van der Waals surface area contributed by atoms with Crippen molar-refractivity contribution >= 4 is 23.3 Å². The van der Waals surface area contributed by atoms with Gasteiger partial charge in [-0.3, -0.25) is 10.2 Å². The number of nitrogen functional groups attached to an aromatic ring is 2. The van der Waals surface area contributed by atoms with Crippen LogP contribution in [0.15, 0.2) is 29.3 Å². The molecule has 1 unspecified atom stereocenters. The number of aliphatic imine (C=N–C) groups is 1. The third-order valence-electron chi connectivity index (χ3n) is 5.11. The molecule has 1 aromatic heterocycles. The van der Waals surface area contributed by atoms with E-state index in [1.165, 1.54) is 0 Å². The summed E-state index contributed by atoms with van der Waals surface area (Å²) in [6.45, 7) is 7.25. The summed E-state index contributed by atoms with van der Waals surface area (Å²) in [5.41, 5.74) is 15.2. The van der Waals surface area contributed by atoms with Gasteiger partial charge in [0.15, 0.2) is 6.19 Å². The van der Waals surface area contributed by atoms with E-state index in [1.807, 2.05) is 24.4 Å². The van der Waals surface area contributed by atoms with Gasteiger partial charge in [-0.25, -0.2) is 9.98 Å². The largest absolute Gasteiger partial charge is 0.397 e. The minimum atomic E-state index is -0.530. The molecule has 9 nitrogen and oxygen atoms in total. The number of anilines is 3. The highest BCUT2D eigenvalue weighted by Gasteiger charge is 2.29. The van der Waals surface area contributed by atoms with Gasteiger partial charge in [0.05, 0.1) is 5.69 Å². The molecule has 1 atom stereocenters. The first kappa shape index (κ1) is 21.9. The number of guanidine groups is 1. The van der Waals surface area contributed by atoms with Gasteiger partial charge in [0.2, 0.25) is 5.96 Å². The van der Waals surface area contributed by atoms with Gasteiger partial charge in [0.1, 0.15) is 29.3 Å². The molecule has 0 saturated heterocycles. The van der Waals surface area contributed by atoms with Crippen LogP contribution in [-0.2, 0) is 6.54 Å². The minimum absolute atomic E-state index is 0.0340. The Bertz CT molecular complexity index is 1060. The first-order valence-corrected chi connectivity index (χ1v) is 10.3. The molecule has 2 heterocycles. The summed E-state index contributed by atoms with van der Waals surface area (Å²) >= 11 is 0. The van der Waals surface area contributed by atoms with Crippen LogP contribution in [0.5, 0.6) is 0 Å². The Balaban J connectivity index is 2.06. The standard InChI is InChI=1S/C22H27N9/c1-3-8-31(9-4-2)12-14-6-5-7-15(10-14)19-17-18(25)16(11-23)20(26)29-21(17)30-22(28-19)27-13-24/h5-7,10,19H,3-4,8-9,12H2,1-2H3,(H6,25,26,27,28,29,30). The van der Waals surface area contributed by atoms with E-state index in [0.717, 1.165) is 43.6 Å². The molecule has 0 amide bonds.